The van der Waals surface area contributed by atoms with E-state index in [-0.39, 0.29) is 5.75 Å². The normalized spacial score (nSPS) is 17.2. The monoisotopic (exact) mass is 677 g/mol. The molecule has 3 aromatic rings. The molecule has 5 heterocycles. The standard InChI is InChI=1S/C20H22N3O.C10H14N2O2.C10H13NO/c1-2-10-22(9-1)15-5-7-17-19(13-15)24-20-14-16(6-8-18(20)21-17)23-11-3-4-12-23;11-14-10-4-3-8(7-9(10)13)12-5-1-2-6-12;12-10-5-3-4-9(8-10)11-6-1-2-7-11/h5-8,13-14H,1-4,9-12H2;3-4,7,13H,1-2,5-6,11H2;3-5,8,12H,1-2,6-7H2/q+1;;. The number of nitrogens with zero attached hydrogens (tertiary/aromatic N) is 5. The van der Waals surface area contributed by atoms with Crippen LogP contribution in [-0.2, 0) is 0 Å². The summed E-state index contributed by atoms with van der Waals surface area (Å²) in [6, 6.07) is 25.6. The minimum atomic E-state index is 0.0944. The predicted molar refractivity (Wildman–Crippen MR) is 200 cm³/mol. The van der Waals surface area contributed by atoms with Crippen molar-refractivity contribution in [1.82, 2.24) is 9.56 Å². The Morgan fingerprint density at radius 3 is 1.84 bits per heavy atom. The third-order valence-corrected chi connectivity index (χ3v) is 10.1. The molecule has 5 aliphatic heterocycles. The SMILES string of the molecule is NOc1ccc(N2CCCC2)cc1O.Oc1cccc(N2CCCC2)c1.c1cc2nc3ccc(=[N+]4CCCC4)cc-3oc2cc1N1CCCC1. The van der Waals surface area contributed by atoms with Crippen LogP contribution in [0.2, 0.25) is 0 Å². The van der Waals surface area contributed by atoms with Crippen LogP contribution < -0.4 is 35.4 Å². The molecule has 4 fully saturated rings. The highest BCUT2D eigenvalue weighted by Gasteiger charge is 2.18. The Kier molecular flexibility index (Phi) is 10.5. The fraction of sp³-hybridized carbons (Fsp3) is 0.400. The topological polar surface area (TPSA) is 114 Å². The van der Waals surface area contributed by atoms with E-state index in [2.05, 4.69) is 60.5 Å². The zero-order valence-electron chi connectivity index (χ0n) is 28.8. The van der Waals surface area contributed by atoms with Gasteiger partial charge < -0.3 is 34.2 Å². The van der Waals surface area contributed by atoms with Gasteiger partial charge in [0.25, 0.3) is 0 Å². The second-order valence-corrected chi connectivity index (χ2v) is 13.6. The molecule has 0 atom stereocenters. The number of phenols is 2. The average Bonchev–Trinajstić information content (AvgIpc) is 3.99. The van der Waals surface area contributed by atoms with E-state index in [1.807, 2.05) is 24.3 Å². The Labute approximate surface area is 293 Å². The molecule has 3 aromatic carbocycles. The summed E-state index contributed by atoms with van der Waals surface area (Å²) in [6.45, 7) is 8.95. The average molecular weight is 678 g/mol. The van der Waals surface area contributed by atoms with Gasteiger partial charge in [0.05, 0.1) is 6.07 Å². The first-order valence-electron chi connectivity index (χ1n) is 18.2. The van der Waals surface area contributed by atoms with Gasteiger partial charge in [0.15, 0.2) is 22.8 Å². The van der Waals surface area contributed by atoms with E-state index in [4.69, 9.17) is 15.3 Å². The van der Waals surface area contributed by atoms with E-state index in [1.54, 1.807) is 18.2 Å². The predicted octanol–water partition coefficient (Wildman–Crippen LogP) is 6.34. The summed E-state index contributed by atoms with van der Waals surface area (Å²) in [4.78, 5) is 16.2. The molecule has 50 heavy (non-hydrogen) atoms. The molecule has 6 aliphatic rings. The van der Waals surface area contributed by atoms with Crippen molar-refractivity contribution in [3.05, 3.63) is 84.2 Å². The minimum Gasteiger partial charge on any atom is -0.508 e. The van der Waals surface area contributed by atoms with Gasteiger partial charge >= 0.3 is 0 Å². The van der Waals surface area contributed by atoms with Crippen LogP contribution in [0, 0.1) is 0 Å². The van der Waals surface area contributed by atoms with Crippen molar-refractivity contribution in [2.75, 3.05) is 67.1 Å². The van der Waals surface area contributed by atoms with E-state index in [0.717, 1.165) is 86.3 Å². The molecule has 10 heteroatoms. The van der Waals surface area contributed by atoms with Crippen LogP contribution in [0.15, 0.2) is 83.3 Å². The molecule has 0 bridgehead atoms. The molecule has 262 valence electrons. The molecule has 10 nitrogen and oxygen atoms in total. The molecule has 0 amide bonds. The Morgan fingerprint density at radius 2 is 1.24 bits per heavy atom. The van der Waals surface area contributed by atoms with Gasteiger partial charge in [-0.05, 0) is 81.0 Å². The highest BCUT2D eigenvalue weighted by atomic mass is 16.6. The number of aromatic hydroxyl groups is 2. The van der Waals surface area contributed by atoms with Crippen molar-refractivity contribution in [3.8, 4) is 28.7 Å². The molecule has 9 rings (SSSR count). The molecule has 4 N–H and O–H groups in total. The molecule has 1 aliphatic carbocycles. The van der Waals surface area contributed by atoms with Gasteiger partial charge in [-0.15, -0.1) is 0 Å². The number of phenolic OH excluding ortho intramolecular Hbond substituents is 2. The number of hydrogen-bond acceptors (Lipinski definition) is 9. The van der Waals surface area contributed by atoms with Crippen molar-refractivity contribution in [3.63, 3.8) is 0 Å². The Bertz CT molecular complexity index is 1920. The minimum absolute atomic E-state index is 0.0944. The summed E-state index contributed by atoms with van der Waals surface area (Å²) in [5, 5.41) is 20.0. The molecule has 4 saturated heterocycles. The number of nitrogens with two attached hydrogens (primary N) is 1. The summed E-state index contributed by atoms with van der Waals surface area (Å²) >= 11 is 0. The maximum atomic E-state index is 9.52. The summed E-state index contributed by atoms with van der Waals surface area (Å²) in [7, 11) is 0. The molecular weight excluding hydrogens is 628 g/mol. The van der Waals surface area contributed by atoms with Crippen molar-refractivity contribution < 1.29 is 19.5 Å². The lowest BCUT2D eigenvalue weighted by Crippen LogP contribution is -2.26. The maximum Gasteiger partial charge on any atom is 0.203 e. The van der Waals surface area contributed by atoms with Gasteiger partial charge in [-0.3, -0.25) is 0 Å². The molecule has 0 spiro atoms. The van der Waals surface area contributed by atoms with Crippen molar-refractivity contribution >= 4 is 28.2 Å². The van der Waals surface area contributed by atoms with Gasteiger partial charge in [0, 0.05) is 93.4 Å². The third kappa shape index (κ3) is 7.91. The molecule has 0 aromatic heterocycles. The Morgan fingerprint density at radius 1 is 0.640 bits per heavy atom. The lowest BCUT2D eigenvalue weighted by Gasteiger charge is -2.17. The number of aromatic nitrogens is 1. The highest BCUT2D eigenvalue weighted by molar-refractivity contribution is 5.80. The highest BCUT2D eigenvalue weighted by Crippen LogP contribution is 2.32. The first-order chi connectivity index (χ1) is 24.5. The van der Waals surface area contributed by atoms with Crippen LogP contribution in [0.25, 0.3) is 22.6 Å². The lowest BCUT2D eigenvalue weighted by molar-refractivity contribution is 0.313. The van der Waals surface area contributed by atoms with Crippen LogP contribution in [-0.4, -0.2) is 67.6 Å². The third-order valence-electron chi connectivity index (χ3n) is 10.1. The zero-order valence-corrected chi connectivity index (χ0v) is 28.8. The second-order valence-electron chi connectivity index (χ2n) is 13.6. The van der Waals surface area contributed by atoms with E-state index in [0.29, 0.717) is 11.5 Å². The molecule has 0 saturated carbocycles. The van der Waals surface area contributed by atoms with Gasteiger partial charge in [0.2, 0.25) is 5.36 Å². The van der Waals surface area contributed by atoms with E-state index < -0.39 is 0 Å². The summed E-state index contributed by atoms with van der Waals surface area (Å²) < 4.78 is 8.66. The van der Waals surface area contributed by atoms with E-state index in [9.17, 15) is 10.2 Å². The van der Waals surface area contributed by atoms with Crippen molar-refractivity contribution in [2.45, 2.75) is 51.4 Å². The fourth-order valence-electron chi connectivity index (χ4n) is 7.39. The smallest absolute Gasteiger partial charge is 0.203 e. The first-order valence-corrected chi connectivity index (χ1v) is 18.2. The number of benzene rings is 4. The largest absolute Gasteiger partial charge is 0.508 e. The Balaban J connectivity index is 0.000000128. The van der Waals surface area contributed by atoms with Crippen molar-refractivity contribution in [1.29, 1.82) is 0 Å². The molecule has 0 unspecified atom stereocenters. The van der Waals surface area contributed by atoms with Gasteiger partial charge in [-0.2, -0.15) is 5.90 Å². The first kappa shape index (κ1) is 33.5. The molecule has 0 radical (unpaired) electrons. The van der Waals surface area contributed by atoms with Crippen LogP contribution >= 0.6 is 0 Å². The summed E-state index contributed by atoms with van der Waals surface area (Å²) in [5.74, 6) is 6.63. The van der Waals surface area contributed by atoms with E-state index >= 15 is 0 Å². The van der Waals surface area contributed by atoms with Gasteiger partial charge in [-0.25, -0.2) is 9.56 Å². The van der Waals surface area contributed by atoms with Crippen LogP contribution in [0.5, 0.6) is 17.2 Å². The van der Waals surface area contributed by atoms with Gasteiger partial charge in [0.1, 0.15) is 30.0 Å². The van der Waals surface area contributed by atoms with E-state index in [1.165, 1.54) is 62.4 Å². The number of hydrogen-bond donors (Lipinski definition) is 3. The molecular formula is C40H49N6O4+. The number of fused-ring (bicyclic) bond motifs is 2. The number of anilines is 3. The van der Waals surface area contributed by atoms with Crippen LogP contribution in [0.3, 0.4) is 0 Å². The summed E-state index contributed by atoms with van der Waals surface area (Å²) in [5.41, 5.74) is 6.16. The maximum absolute atomic E-state index is 9.52. The summed E-state index contributed by atoms with van der Waals surface area (Å²) in [6.07, 6.45) is 10.1. The second kappa shape index (κ2) is 15.7. The van der Waals surface area contributed by atoms with Crippen molar-refractivity contribution in [2.24, 2.45) is 5.90 Å². The van der Waals surface area contributed by atoms with Crippen LogP contribution in [0.4, 0.5) is 17.1 Å². The number of rotatable bonds is 4. The van der Waals surface area contributed by atoms with Crippen LogP contribution in [0.1, 0.15) is 51.4 Å². The van der Waals surface area contributed by atoms with Gasteiger partial charge in [-0.1, -0.05) is 6.07 Å². The fourth-order valence-corrected chi connectivity index (χ4v) is 7.39. The Hall–Kier alpha value is -4.96. The lowest BCUT2D eigenvalue weighted by atomic mass is 10.2. The quantitative estimate of drug-likeness (QED) is 0.114. The zero-order chi connectivity index (χ0) is 34.3.